The zero-order chi connectivity index (χ0) is 32.9. The van der Waals surface area contributed by atoms with Crippen LogP contribution in [0.5, 0.6) is 11.5 Å². The molecule has 0 bridgehead atoms. The third kappa shape index (κ3) is 8.18. The van der Waals surface area contributed by atoms with Crippen molar-refractivity contribution in [1.82, 2.24) is 5.32 Å². The van der Waals surface area contributed by atoms with Crippen LogP contribution in [0.4, 0.5) is 0 Å². The Labute approximate surface area is 274 Å². The van der Waals surface area contributed by atoms with Crippen molar-refractivity contribution in [3.8, 4) is 11.5 Å². The van der Waals surface area contributed by atoms with Crippen LogP contribution in [-0.4, -0.2) is 42.8 Å². The van der Waals surface area contributed by atoms with Gasteiger partial charge in [0.15, 0.2) is 11.6 Å². The van der Waals surface area contributed by atoms with Crippen molar-refractivity contribution >= 4 is 17.9 Å². The molecule has 0 aliphatic carbocycles. The van der Waals surface area contributed by atoms with Gasteiger partial charge in [-0.25, -0.2) is 4.99 Å². The van der Waals surface area contributed by atoms with Gasteiger partial charge < -0.3 is 24.6 Å². The van der Waals surface area contributed by atoms with E-state index in [4.69, 9.17) is 29.8 Å². The van der Waals surface area contributed by atoms with Crippen LogP contribution in [0.2, 0.25) is 0 Å². The van der Waals surface area contributed by atoms with Gasteiger partial charge >= 0.3 is 0 Å². The van der Waals surface area contributed by atoms with E-state index in [9.17, 15) is 4.79 Å². The lowest BCUT2D eigenvalue weighted by Crippen LogP contribution is -2.48. The van der Waals surface area contributed by atoms with Gasteiger partial charge in [0.05, 0.1) is 20.3 Å². The standard InChI is InChI=1S/C37H37N5O5/c1-45-31-18-14-28(15-19-31)25-39-36(44)37(22-7-11-27-9-3-2-4-10-27)34(33-13-6-5-12-30(33)26-40-42-38)47-35(41-37)29-16-20-32(21-17-29)46-24-8-23-43/h2-7,9-21,34,43H,8,22-26H2,1H3,(H,39,44)/b11-7+/t34-,37-/m1/s1. The predicted molar refractivity (Wildman–Crippen MR) is 181 cm³/mol. The van der Waals surface area contributed by atoms with E-state index < -0.39 is 11.6 Å². The highest BCUT2D eigenvalue weighted by atomic mass is 16.5. The van der Waals surface area contributed by atoms with Crippen LogP contribution in [0.3, 0.4) is 0 Å². The Hall–Kier alpha value is -5.57. The van der Waals surface area contributed by atoms with E-state index in [0.29, 0.717) is 35.8 Å². The minimum atomic E-state index is -1.41. The second kappa shape index (κ2) is 16.1. The molecule has 0 unspecified atom stereocenters. The number of rotatable bonds is 15. The first kappa shape index (κ1) is 32.8. The Balaban J connectivity index is 1.56. The lowest BCUT2D eigenvalue weighted by Gasteiger charge is -2.31. The van der Waals surface area contributed by atoms with Crippen LogP contribution in [0, 0.1) is 0 Å². The molecule has 1 amide bonds. The number of aliphatic hydroxyl groups excluding tert-OH is 1. The number of ether oxygens (including phenoxy) is 3. The fourth-order valence-electron chi connectivity index (χ4n) is 5.35. The smallest absolute Gasteiger partial charge is 0.252 e. The monoisotopic (exact) mass is 631 g/mol. The number of aliphatic hydroxyl groups is 1. The number of amides is 1. The summed E-state index contributed by atoms with van der Waals surface area (Å²) in [7, 11) is 1.61. The summed E-state index contributed by atoms with van der Waals surface area (Å²) in [4.78, 5) is 22.5. The van der Waals surface area contributed by atoms with Crippen LogP contribution in [-0.2, 0) is 22.6 Å². The van der Waals surface area contributed by atoms with E-state index >= 15 is 0 Å². The van der Waals surface area contributed by atoms with Crippen molar-refractivity contribution in [2.75, 3.05) is 20.3 Å². The number of benzene rings is 4. The molecule has 4 aromatic rings. The Bertz CT molecular complexity index is 1740. The number of nitrogens with zero attached hydrogens (tertiary/aromatic N) is 4. The fourth-order valence-corrected chi connectivity index (χ4v) is 5.35. The number of nitrogens with one attached hydrogen (secondary N) is 1. The number of hydrogen-bond donors (Lipinski definition) is 2. The van der Waals surface area contributed by atoms with Crippen LogP contribution in [0.25, 0.3) is 16.5 Å². The first-order valence-electron chi connectivity index (χ1n) is 15.4. The summed E-state index contributed by atoms with van der Waals surface area (Å²) in [5.74, 6) is 1.37. The first-order chi connectivity index (χ1) is 23.1. The molecule has 0 radical (unpaired) electrons. The topological polar surface area (TPSA) is 138 Å². The second-order valence-electron chi connectivity index (χ2n) is 10.9. The highest BCUT2D eigenvalue weighted by Gasteiger charge is 2.53. The van der Waals surface area contributed by atoms with Crippen molar-refractivity contribution in [2.24, 2.45) is 10.1 Å². The van der Waals surface area contributed by atoms with Crippen molar-refractivity contribution in [3.05, 3.63) is 147 Å². The summed E-state index contributed by atoms with van der Waals surface area (Å²) in [5, 5.41) is 16.0. The maximum Gasteiger partial charge on any atom is 0.252 e. The summed E-state index contributed by atoms with van der Waals surface area (Å²) < 4.78 is 17.6. The number of methoxy groups -OCH3 is 1. The van der Waals surface area contributed by atoms with Gasteiger partial charge in [-0.3, -0.25) is 4.79 Å². The fraction of sp³-hybridized carbons (Fsp3) is 0.243. The molecule has 1 aliphatic rings. The highest BCUT2D eigenvalue weighted by molar-refractivity contribution is 6.01. The van der Waals surface area contributed by atoms with Crippen molar-refractivity contribution in [3.63, 3.8) is 0 Å². The van der Waals surface area contributed by atoms with E-state index in [1.807, 2.05) is 115 Å². The highest BCUT2D eigenvalue weighted by Crippen LogP contribution is 2.44. The summed E-state index contributed by atoms with van der Waals surface area (Å²) in [6.45, 7) is 0.797. The summed E-state index contributed by atoms with van der Waals surface area (Å²) in [6, 6.07) is 32.1. The Morgan fingerprint density at radius 3 is 2.47 bits per heavy atom. The van der Waals surface area contributed by atoms with E-state index in [1.54, 1.807) is 7.11 Å². The molecule has 1 heterocycles. The van der Waals surface area contributed by atoms with Gasteiger partial charge in [0.1, 0.15) is 11.5 Å². The zero-order valence-corrected chi connectivity index (χ0v) is 26.2. The van der Waals surface area contributed by atoms with Gasteiger partial charge in [0, 0.05) is 36.5 Å². The van der Waals surface area contributed by atoms with E-state index in [1.165, 1.54) is 0 Å². The average Bonchev–Trinajstić information content (AvgIpc) is 3.51. The first-order valence-corrected chi connectivity index (χ1v) is 15.4. The summed E-state index contributed by atoms with van der Waals surface area (Å²) >= 11 is 0. The molecule has 2 atom stereocenters. The maximum atomic E-state index is 14.5. The quantitative estimate of drug-likeness (QED) is 0.0633. The number of hydrogen-bond acceptors (Lipinski definition) is 7. The van der Waals surface area contributed by atoms with E-state index in [2.05, 4.69) is 15.3 Å². The van der Waals surface area contributed by atoms with Crippen molar-refractivity contribution < 1.29 is 24.1 Å². The third-order valence-corrected chi connectivity index (χ3v) is 7.82. The third-order valence-electron chi connectivity index (χ3n) is 7.82. The van der Waals surface area contributed by atoms with Gasteiger partial charge in [0.25, 0.3) is 5.91 Å². The maximum absolute atomic E-state index is 14.5. The Kier molecular flexibility index (Phi) is 11.3. The molecule has 0 spiro atoms. The van der Waals surface area contributed by atoms with Gasteiger partial charge in [0.2, 0.25) is 5.90 Å². The van der Waals surface area contributed by atoms with Gasteiger partial charge in [-0.05, 0) is 64.2 Å². The van der Waals surface area contributed by atoms with Gasteiger partial charge in [-0.2, -0.15) is 0 Å². The lowest BCUT2D eigenvalue weighted by molar-refractivity contribution is -0.129. The Morgan fingerprint density at radius 2 is 1.74 bits per heavy atom. The van der Waals surface area contributed by atoms with Crippen molar-refractivity contribution in [1.29, 1.82) is 0 Å². The average molecular weight is 632 g/mol. The molecule has 0 saturated carbocycles. The van der Waals surface area contributed by atoms with Crippen LogP contribution >= 0.6 is 0 Å². The number of aliphatic imine (C=N–C) groups is 1. The van der Waals surface area contributed by atoms with Crippen molar-refractivity contribution in [2.45, 2.75) is 37.6 Å². The molecule has 240 valence electrons. The molecule has 47 heavy (non-hydrogen) atoms. The second-order valence-corrected chi connectivity index (χ2v) is 10.9. The molecule has 5 rings (SSSR count). The molecular formula is C37H37N5O5. The SMILES string of the molecule is COc1ccc(CNC(=O)[C@]2(C/C=C/c3ccccc3)N=C(c3ccc(OCCCO)cc3)O[C@@H]2c2ccccc2CN=[N+]=[N-])cc1. The normalized spacial score (nSPS) is 17.0. The van der Waals surface area contributed by atoms with E-state index in [-0.39, 0.29) is 32.0 Å². The number of azide groups is 1. The summed E-state index contributed by atoms with van der Waals surface area (Å²) in [5.41, 5.74) is 11.7. The molecular weight excluding hydrogens is 594 g/mol. The molecule has 0 saturated heterocycles. The minimum absolute atomic E-state index is 0.0482. The molecule has 2 N–H and O–H groups in total. The van der Waals surface area contributed by atoms with Crippen LogP contribution in [0.15, 0.2) is 119 Å². The van der Waals surface area contributed by atoms with Gasteiger partial charge in [-0.1, -0.05) is 84.0 Å². The molecule has 10 heteroatoms. The predicted octanol–water partition coefficient (Wildman–Crippen LogP) is 6.94. The minimum Gasteiger partial charge on any atom is -0.497 e. The largest absolute Gasteiger partial charge is 0.497 e. The molecule has 4 aromatic carbocycles. The molecule has 1 aliphatic heterocycles. The Morgan fingerprint density at radius 1 is 1.02 bits per heavy atom. The van der Waals surface area contributed by atoms with Gasteiger partial charge in [-0.15, -0.1) is 0 Å². The summed E-state index contributed by atoms with van der Waals surface area (Å²) in [6.07, 6.45) is 3.83. The lowest BCUT2D eigenvalue weighted by atomic mass is 9.82. The van der Waals surface area contributed by atoms with E-state index in [0.717, 1.165) is 22.4 Å². The molecule has 10 nitrogen and oxygen atoms in total. The zero-order valence-electron chi connectivity index (χ0n) is 26.2. The number of carbonyl (C=O) groups excluding carboxylic acids is 1. The molecule has 0 fully saturated rings. The molecule has 0 aromatic heterocycles. The van der Waals surface area contributed by atoms with Crippen LogP contribution < -0.4 is 14.8 Å². The number of carbonyl (C=O) groups is 1. The van der Waals surface area contributed by atoms with Crippen LogP contribution in [0.1, 0.15) is 46.8 Å².